The zero-order valence-electron chi connectivity index (χ0n) is 49.7. The lowest BCUT2D eigenvalue weighted by Crippen LogP contribution is -2.61. The number of aryl methyl sites for hydroxylation is 2. The molecule has 3 saturated heterocycles. The van der Waals surface area contributed by atoms with Crippen LogP contribution in [0.4, 0.5) is 8.78 Å². The van der Waals surface area contributed by atoms with E-state index in [4.69, 9.17) is 10.5 Å². The number of β-amino-alcohol motifs (C(OH)–C–C–N with tert-alkyl or cyclic N) is 1. The van der Waals surface area contributed by atoms with Crippen LogP contribution in [0.2, 0.25) is 0 Å². The van der Waals surface area contributed by atoms with Crippen LogP contribution in [0.15, 0.2) is 66.2 Å². The fourth-order valence-electron chi connectivity index (χ4n) is 11.7. The summed E-state index contributed by atoms with van der Waals surface area (Å²) in [5.74, 6) is -7.82. The molecule has 2 aromatic heterocycles. The van der Waals surface area contributed by atoms with Gasteiger partial charge in [0.2, 0.25) is 35.4 Å². The summed E-state index contributed by atoms with van der Waals surface area (Å²) < 4.78 is 49.0. The van der Waals surface area contributed by atoms with Gasteiger partial charge in [0, 0.05) is 86.7 Å². The van der Waals surface area contributed by atoms with Gasteiger partial charge in [-0.05, 0) is 105 Å². The number of aromatic amines is 1. The fraction of sp³-hybridized carbons (Fsp3) is 0.475. The van der Waals surface area contributed by atoms with Gasteiger partial charge in [0.25, 0.3) is 11.4 Å². The fourth-order valence-corrected chi connectivity index (χ4v) is 13.0. The molecule has 0 radical (unpaired) electrons. The highest BCUT2D eigenvalue weighted by atomic mass is 32.1. The molecule has 0 spiro atoms. The molecular formula is C61H74F2N9O14PS. The number of aliphatic hydroxyl groups is 1. The first-order valence-electron chi connectivity index (χ1n) is 29.1. The van der Waals surface area contributed by atoms with E-state index in [1.165, 1.54) is 57.2 Å². The van der Waals surface area contributed by atoms with E-state index in [0.717, 1.165) is 33.8 Å². The third kappa shape index (κ3) is 15.9. The van der Waals surface area contributed by atoms with Crippen molar-refractivity contribution < 1.29 is 76.1 Å². The van der Waals surface area contributed by atoms with Crippen molar-refractivity contribution in [2.45, 2.75) is 148 Å². The van der Waals surface area contributed by atoms with Gasteiger partial charge in [0.1, 0.15) is 42.0 Å². The number of benzene rings is 3. The normalized spacial score (nSPS) is 19.9. The maximum absolute atomic E-state index is 16.3. The molecule has 0 aliphatic carbocycles. The minimum Gasteiger partial charge on any atom is -0.488 e. The molecule has 0 unspecified atom stereocenters. The van der Waals surface area contributed by atoms with Crippen molar-refractivity contribution in [2.24, 2.45) is 17.1 Å². The van der Waals surface area contributed by atoms with Gasteiger partial charge >= 0.3 is 7.60 Å². The first kappa shape index (κ1) is 66.2. The Hall–Kier alpha value is -7.77. The zero-order valence-corrected chi connectivity index (χ0v) is 51.4. The lowest BCUT2D eigenvalue weighted by atomic mass is 9.76. The Morgan fingerprint density at radius 1 is 0.932 bits per heavy atom. The number of halogens is 2. The zero-order chi connectivity index (χ0) is 64.1. The number of fused-ring (bicyclic) bond motifs is 2. The van der Waals surface area contributed by atoms with Gasteiger partial charge in [-0.2, -0.15) is 0 Å². The second-order valence-corrected chi connectivity index (χ2v) is 26.4. The Kier molecular flexibility index (Phi) is 20.9. The van der Waals surface area contributed by atoms with Crippen molar-refractivity contribution in [2.75, 3.05) is 26.2 Å². The molecule has 5 aromatic rings. The van der Waals surface area contributed by atoms with Crippen LogP contribution in [0.3, 0.4) is 0 Å². The number of aliphatic hydroxyl groups excluding tert-OH is 1. The monoisotopic (exact) mass is 1260 g/mol. The van der Waals surface area contributed by atoms with Gasteiger partial charge < -0.3 is 61.0 Å². The van der Waals surface area contributed by atoms with Crippen LogP contribution in [0.5, 0.6) is 5.75 Å². The maximum Gasteiger partial charge on any atom is 0.396 e. The number of hydrogen-bond donors (Lipinski definition) is 8. The van der Waals surface area contributed by atoms with E-state index >= 15 is 8.78 Å². The number of H-pyrrole nitrogens is 1. The molecule has 0 saturated carbocycles. The van der Waals surface area contributed by atoms with Crippen LogP contribution < -0.4 is 26.4 Å². The molecule has 9 N–H and O–H groups in total. The summed E-state index contributed by atoms with van der Waals surface area (Å²) in [5, 5.41) is 19.5. The summed E-state index contributed by atoms with van der Waals surface area (Å²) >= 11 is 1.53. The lowest BCUT2D eigenvalue weighted by Gasteiger charge is -2.38. The highest BCUT2D eigenvalue weighted by Gasteiger charge is 2.47. The quantitative estimate of drug-likeness (QED) is 0.0373. The van der Waals surface area contributed by atoms with E-state index in [1.54, 1.807) is 26.3 Å². The highest BCUT2D eigenvalue weighted by molar-refractivity contribution is 7.70. The molecule has 3 aliphatic heterocycles. The first-order valence-corrected chi connectivity index (χ1v) is 31.6. The molecular weight excluding hydrogens is 1180 g/mol. The van der Waals surface area contributed by atoms with Crippen LogP contribution in [-0.2, 0) is 44.5 Å². The number of carbonyl (C=O) groups is 9. The topological polar surface area (TPSA) is 341 Å². The standard InChI is InChI=1S/C61H74F2N9O14PS/c1-32(35-10-12-36(13-11-35)54-33(2)65-31-88-54)66-57(79)50-27-44(75)28-71(50)58(80)45(61(4,5)6)26-43(74)9-7-8-37-23-40(62)25-51(53(37)63)86-30-41(15-19-52(64)76)67-56(78)49-18-16-42-20-21-70(34(3)73)29-48(59(81)72(42)49)69-55(77)47-24-39-22-38(14-17-46(39)68-47)60(82)87(83,84)85/h10-14,17,22-25,31-32,41-42,44-45,48-50,68,75H,7-9,15-16,18-21,26-30H2,1-6H3,(H2,64,76)(H,66,79)(H,67,78)(H,69,77)(H2,83,84,85)/t32-,41-,42+,44+,45+,48-,49-,50-/m0/s1. The summed E-state index contributed by atoms with van der Waals surface area (Å²) in [6, 6.07) is 8.96. The number of Topliss-reactive ketones (excluding diaryl/α,β-unsaturated/α-hetero) is 1. The summed E-state index contributed by atoms with van der Waals surface area (Å²) in [5.41, 5.74) is 7.61. The second kappa shape index (κ2) is 27.7. The number of amides is 7. The van der Waals surface area contributed by atoms with E-state index in [9.17, 15) is 62.6 Å². The highest BCUT2D eigenvalue weighted by Crippen LogP contribution is 2.40. The second-order valence-electron chi connectivity index (χ2n) is 24.0. The van der Waals surface area contributed by atoms with Crippen molar-refractivity contribution in [3.8, 4) is 16.2 Å². The van der Waals surface area contributed by atoms with Gasteiger partial charge in [0.15, 0.2) is 11.6 Å². The van der Waals surface area contributed by atoms with Gasteiger partial charge in [-0.1, -0.05) is 45.0 Å². The number of aromatic nitrogens is 2. The van der Waals surface area contributed by atoms with Crippen molar-refractivity contribution in [3.05, 3.63) is 106 Å². The predicted molar refractivity (Wildman–Crippen MR) is 319 cm³/mol. The van der Waals surface area contributed by atoms with Gasteiger partial charge in [-0.15, -0.1) is 11.3 Å². The first-order chi connectivity index (χ1) is 41.5. The van der Waals surface area contributed by atoms with E-state index in [2.05, 4.69) is 25.9 Å². The number of thiazole rings is 1. The average Bonchev–Trinajstić information content (AvgIpc) is 1.89. The van der Waals surface area contributed by atoms with Crippen LogP contribution in [0.25, 0.3) is 21.3 Å². The number of likely N-dealkylation sites (tertiary alicyclic amines) is 1. The number of nitrogens with one attached hydrogen (secondary N) is 4. The van der Waals surface area contributed by atoms with Gasteiger partial charge in [0.05, 0.1) is 34.3 Å². The third-order valence-electron chi connectivity index (χ3n) is 16.5. The molecule has 27 heteroatoms. The number of rotatable bonds is 23. The van der Waals surface area contributed by atoms with Gasteiger partial charge in [-0.3, -0.25) is 47.7 Å². The number of nitrogens with two attached hydrogens (primary N) is 1. The van der Waals surface area contributed by atoms with E-state index in [1.807, 2.05) is 38.1 Å². The lowest BCUT2D eigenvalue weighted by molar-refractivity contribution is -0.146. The van der Waals surface area contributed by atoms with Crippen molar-refractivity contribution in [1.82, 2.24) is 40.6 Å². The third-order valence-corrected chi connectivity index (χ3v) is 18.3. The largest absolute Gasteiger partial charge is 0.488 e. The number of ketones is 1. The molecule has 3 fully saturated rings. The molecule has 8 rings (SSSR count). The Balaban J connectivity index is 0.882. The Labute approximate surface area is 510 Å². The van der Waals surface area contributed by atoms with Gasteiger partial charge in [-0.25, -0.2) is 13.8 Å². The van der Waals surface area contributed by atoms with Crippen molar-refractivity contribution in [3.63, 3.8) is 0 Å². The molecule has 3 aliphatic rings. The Morgan fingerprint density at radius 3 is 2.31 bits per heavy atom. The number of hydrogen-bond acceptors (Lipinski definition) is 14. The molecule has 7 amide bonds. The van der Waals surface area contributed by atoms with Crippen molar-refractivity contribution >= 4 is 82.5 Å². The Morgan fingerprint density at radius 2 is 1.65 bits per heavy atom. The SMILES string of the molecule is CC(=O)N1CC[C@H]2CC[C@@H](C(=O)N[C@@H](CCC(N)=O)COc3cc(F)cc(CCCC(=O)C[C@H](C(=O)N4C[C@H](O)C[C@H]4C(=O)N[C@@H](C)c4ccc(-c5scnc5C)cc4)C(C)(C)C)c3F)N2C(=O)[C@@H](NC(=O)c2cc3cc(C(=O)P(=O)(O)O)ccc3[nH]2)C1. The molecule has 23 nitrogen and oxygen atoms in total. The van der Waals surface area contributed by atoms with Crippen LogP contribution >= 0.6 is 18.9 Å². The molecule has 472 valence electrons. The minimum atomic E-state index is -5.12. The average molecular weight is 1260 g/mol. The number of ether oxygens (including phenoxy) is 1. The summed E-state index contributed by atoms with van der Waals surface area (Å²) in [4.78, 5) is 153. The smallest absolute Gasteiger partial charge is 0.396 e. The molecule has 0 bridgehead atoms. The number of nitrogens with zero attached hydrogens (tertiary/aromatic N) is 4. The molecule has 5 heterocycles. The van der Waals surface area contributed by atoms with E-state index in [0.29, 0.717) is 11.9 Å². The van der Waals surface area contributed by atoms with Crippen LogP contribution in [-0.4, -0.2) is 155 Å². The van der Waals surface area contributed by atoms with E-state index in [-0.39, 0.29) is 111 Å². The van der Waals surface area contributed by atoms with E-state index < -0.39 is 126 Å². The summed E-state index contributed by atoms with van der Waals surface area (Å²) in [6.07, 6.45) is -1.02. The number of carbonyl (C=O) groups excluding carboxylic acids is 9. The predicted octanol–water partition coefficient (Wildman–Crippen LogP) is 5.52. The number of primary amides is 1. The van der Waals surface area contributed by atoms with Crippen LogP contribution in [0.1, 0.15) is 136 Å². The molecule has 88 heavy (non-hydrogen) atoms. The maximum atomic E-state index is 16.3. The molecule has 8 atom stereocenters. The van der Waals surface area contributed by atoms with Crippen LogP contribution in [0, 0.1) is 29.9 Å². The minimum absolute atomic E-state index is 0.00462. The summed E-state index contributed by atoms with van der Waals surface area (Å²) in [6.45, 7) is 9.75. The molecule has 3 aromatic carbocycles. The van der Waals surface area contributed by atoms with Crippen molar-refractivity contribution in [1.29, 1.82) is 0 Å². The Bertz CT molecular complexity index is 3550. The summed E-state index contributed by atoms with van der Waals surface area (Å²) in [7, 11) is -5.12.